The van der Waals surface area contributed by atoms with Crippen molar-refractivity contribution in [2.24, 2.45) is 0 Å². The number of rotatable bonds is 7. The van der Waals surface area contributed by atoms with Crippen molar-refractivity contribution in [3.05, 3.63) is 41.4 Å². The first kappa shape index (κ1) is 16.0. The molecule has 0 bridgehead atoms. The van der Waals surface area contributed by atoms with Gasteiger partial charge in [0.05, 0.1) is 13.0 Å². The van der Waals surface area contributed by atoms with E-state index in [2.05, 4.69) is 10.3 Å². The van der Waals surface area contributed by atoms with Gasteiger partial charge in [-0.3, -0.25) is 9.59 Å². The fourth-order valence-electron chi connectivity index (χ4n) is 1.86. The van der Waals surface area contributed by atoms with Crippen LogP contribution in [0.4, 0.5) is 10.8 Å². The Bertz CT molecular complexity index is 626. The van der Waals surface area contributed by atoms with E-state index >= 15 is 0 Å². The molecule has 116 valence electrons. The van der Waals surface area contributed by atoms with Crippen molar-refractivity contribution in [2.45, 2.75) is 13.3 Å². The second-order valence-electron chi connectivity index (χ2n) is 4.79. The Hall–Kier alpha value is -2.41. The molecule has 0 saturated heterocycles. The number of carbonyl (C=O) groups excluding carboxylic acids is 1. The predicted octanol–water partition coefficient (Wildman–Crippen LogP) is 2.37. The molecule has 0 spiro atoms. The molecule has 0 fully saturated rings. The van der Waals surface area contributed by atoms with Crippen LogP contribution in [0.1, 0.15) is 12.0 Å². The number of benzene rings is 1. The molecule has 0 atom stereocenters. The standard InChI is InChI=1S/C15H17N3O3S/c1-11-2-4-12(5-3-11)17-13(19)10-18(8-6-14(20)21)15-16-7-9-22-15/h2-5,7,9H,6,8,10H2,1H3,(H,17,19)(H,20,21). The largest absolute Gasteiger partial charge is 0.481 e. The summed E-state index contributed by atoms with van der Waals surface area (Å²) >= 11 is 1.37. The van der Waals surface area contributed by atoms with Crippen molar-refractivity contribution in [3.8, 4) is 0 Å². The van der Waals surface area contributed by atoms with E-state index in [9.17, 15) is 9.59 Å². The lowest BCUT2D eigenvalue weighted by atomic mass is 10.2. The van der Waals surface area contributed by atoms with Crippen molar-refractivity contribution in [1.29, 1.82) is 0 Å². The molecule has 2 N–H and O–H groups in total. The zero-order valence-corrected chi connectivity index (χ0v) is 13.0. The van der Waals surface area contributed by atoms with Crippen molar-refractivity contribution in [1.82, 2.24) is 4.98 Å². The van der Waals surface area contributed by atoms with Crippen molar-refractivity contribution in [2.75, 3.05) is 23.3 Å². The lowest BCUT2D eigenvalue weighted by molar-refractivity contribution is -0.136. The van der Waals surface area contributed by atoms with Gasteiger partial charge in [-0.05, 0) is 19.1 Å². The number of aromatic nitrogens is 1. The van der Waals surface area contributed by atoms with Gasteiger partial charge < -0.3 is 15.3 Å². The smallest absolute Gasteiger partial charge is 0.305 e. The Balaban J connectivity index is 1.98. The highest BCUT2D eigenvalue weighted by Crippen LogP contribution is 2.17. The van der Waals surface area contributed by atoms with Crippen LogP contribution >= 0.6 is 11.3 Å². The fraction of sp³-hybridized carbons (Fsp3) is 0.267. The summed E-state index contributed by atoms with van der Waals surface area (Å²) < 4.78 is 0. The Morgan fingerprint density at radius 2 is 2.05 bits per heavy atom. The van der Waals surface area contributed by atoms with Crippen LogP contribution in [0, 0.1) is 6.92 Å². The maximum Gasteiger partial charge on any atom is 0.305 e. The van der Waals surface area contributed by atoms with Crippen LogP contribution in [0.5, 0.6) is 0 Å². The Morgan fingerprint density at radius 1 is 1.32 bits per heavy atom. The van der Waals surface area contributed by atoms with E-state index < -0.39 is 5.97 Å². The number of aliphatic carboxylic acids is 1. The van der Waals surface area contributed by atoms with Gasteiger partial charge >= 0.3 is 5.97 Å². The first-order valence-corrected chi connectivity index (χ1v) is 7.65. The van der Waals surface area contributed by atoms with Gasteiger partial charge in [-0.1, -0.05) is 17.7 Å². The number of nitrogens with zero attached hydrogens (tertiary/aromatic N) is 2. The highest BCUT2D eigenvalue weighted by molar-refractivity contribution is 7.13. The molecule has 7 heteroatoms. The molecule has 1 aromatic heterocycles. The number of thiazole rings is 1. The van der Waals surface area contributed by atoms with Crippen LogP contribution < -0.4 is 10.2 Å². The molecular weight excluding hydrogens is 302 g/mol. The van der Waals surface area contributed by atoms with Gasteiger partial charge in [0.1, 0.15) is 0 Å². The lowest BCUT2D eigenvalue weighted by Crippen LogP contribution is -2.34. The van der Waals surface area contributed by atoms with E-state index in [1.165, 1.54) is 11.3 Å². The van der Waals surface area contributed by atoms with Crippen LogP contribution in [0.15, 0.2) is 35.8 Å². The average Bonchev–Trinajstić information content (AvgIpc) is 3.00. The van der Waals surface area contributed by atoms with E-state index in [0.29, 0.717) is 10.8 Å². The topological polar surface area (TPSA) is 82.5 Å². The zero-order chi connectivity index (χ0) is 15.9. The van der Waals surface area contributed by atoms with Crippen molar-refractivity contribution in [3.63, 3.8) is 0 Å². The molecule has 6 nitrogen and oxygen atoms in total. The number of aryl methyl sites for hydroxylation is 1. The minimum absolute atomic E-state index is 0.0443. The predicted molar refractivity (Wildman–Crippen MR) is 86.4 cm³/mol. The molecule has 0 aliphatic carbocycles. The quantitative estimate of drug-likeness (QED) is 0.818. The third-order valence-electron chi connectivity index (χ3n) is 2.96. The number of carbonyl (C=O) groups is 2. The fourth-order valence-corrected chi connectivity index (χ4v) is 2.53. The number of anilines is 2. The summed E-state index contributed by atoms with van der Waals surface area (Å²) in [6.07, 6.45) is 1.59. The molecule has 0 saturated carbocycles. The minimum Gasteiger partial charge on any atom is -0.481 e. The Labute approximate surface area is 132 Å². The van der Waals surface area contributed by atoms with Crippen LogP contribution in [-0.4, -0.2) is 35.1 Å². The number of hydrogen-bond donors (Lipinski definition) is 2. The summed E-state index contributed by atoms with van der Waals surface area (Å²) in [5, 5.41) is 14.0. The van der Waals surface area contributed by atoms with Crippen LogP contribution in [0.25, 0.3) is 0 Å². The highest BCUT2D eigenvalue weighted by atomic mass is 32.1. The summed E-state index contributed by atoms with van der Waals surface area (Å²) in [6.45, 7) is 2.28. The molecule has 2 aromatic rings. The molecule has 1 aromatic carbocycles. The first-order valence-electron chi connectivity index (χ1n) is 6.77. The highest BCUT2D eigenvalue weighted by Gasteiger charge is 2.15. The number of hydrogen-bond acceptors (Lipinski definition) is 5. The van der Waals surface area contributed by atoms with E-state index in [-0.39, 0.29) is 25.4 Å². The summed E-state index contributed by atoms with van der Waals surface area (Å²) in [5.41, 5.74) is 1.83. The van der Waals surface area contributed by atoms with Crippen LogP contribution in [0.3, 0.4) is 0 Å². The maximum absolute atomic E-state index is 12.1. The molecule has 2 rings (SSSR count). The Kier molecular flexibility index (Phi) is 5.48. The normalized spacial score (nSPS) is 10.2. The average molecular weight is 319 g/mol. The summed E-state index contributed by atoms with van der Waals surface area (Å²) in [7, 11) is 0. The van der Waals surface area contributed by atoms with E-state index in [1.807, 2.05) is 31.2 Å². The molecule has 22 heavy (non-hydrogen) atoms. The number of nitrogens with one attached hydrogen (secondary N) is 1. The third-order valence-corrected chi connectivity index (χ3v) is 3.79. The zero-order valence-electron chi connectivity index (χ0n) is 12.2. The number of carboxylic acids is 1. The Morgan fingerprint density at radius 3 is 2.64 bits per heavy atom. The van der Waals surface area contributed by atoms with E-state index in [4.69, 9.17) is 5.11 Å². The summed E-state index contributed by atoms with van der Waals surface area (Å²) in [4.78, 5) is 28.7. The van der Waals surface area contributed by atoms with Crippen LogP contribution in [0.2, 0.25) is 0 Å². The van der Waals surface area contributed by atoms with Gasteiger partial charge in [-0.2, -0.15) is 0 Å². The second-order valence-corrected chi connectivity index (χ2v) is 5.67. The summed E-state index contributed by atoms with van der Waals surface area (Å²) in [5.74, 6) is -1.11. The maximum atomic E-state index is 12.1. The van der Waals surface area contributed by atoms with E-state index in [1.54, 1.807) is 16.5 Å². The molecule has 0 aliphatic heterocycles. The third kappa shape index (κ3) is 4.85. The van der Waals surface area contributed by atoms with Gasteiger partial charge in [-0.15, -0.1) is 11.3 Å². The molecule has 0 aliphatic rings. The SMILES string of the molecule is Cc1ccc(NC(=O)CN(CCC(=O)O)c2nccs2)cc1. The van der Waals surface area contributed by atoms with Gasteiger partial charge in [0, 0.05) is 23.8 Å². The molecule has 0 unspecified atom stereocenters. The molecule has 0 radical (unpaired) electrons. The summed E-state index contributed by atoms with van der Waals surface area (Å²) in [6, 6.07) is 7.49. The first-order chi connectivity index (χ1) is 10.5. The van der Waals surface area contributed by atoms with Gasteiger partial charge in [0.15, 0.2) is 5.13 Å². The monoisotopic (exact) mass is 319 g/mol. The molecule has 1 heterocycles. The number of carboxylic acid groups (broad SMARTS) is 1. The van der Waals surface area contributed by atoms with Gasteiger partial charge in [-0.25, -0.2) is 4.98 Å². The number of amides is 1. The van der Waals surface area contributed by atoms with E-state index in [0.717, 1.165) is 5.56 Å². The van der Waals surface area contributed by atoms with Crippen molar-refractivity contribution < 1.29 is 14.7 Å². The van der Waals surface area contributed by atoms with Gasteiger partial charge in [0.2, 0.25) is 5.91 Å². The lowest BCUT2D eigenvalue weighted by Gasteiger charge is -2.20. The molecular formula is C15H17N3O3S. The minimum atomic E-state index is -0.902. The van der Waals surface area contributed by atoms with Gasteiger partial charge in [0.25, 0.3) is 0 Å². The molecule has 1 amide bonds. The van der Waals surface area contributed by atoms with Crippen LogP contribution in [-0.2, 0) is 9.59 Å². The van der Waals surface area contributed by atoms with Crippen molar-refractivity contribution >= 4 is 34.0 Å². The second kappa shape index (κ2) is 7.56.